The molecule has 3 saturated carbocycles. The number of alkyl halides is 3. The van der Waals surface area contributed by atoms with Crippen molar-refractivity contribution >= 4 is 5.97 Å². The zero-order chi connectivity index (χ0) is 24.5. The molecule has 34 heavy (non-hydrogen) atoms. The number of halogens is 5. The van der Waals surface area contributed by atoms with Crippen molar-refractivity contribution in [3.8, 4) is 5.75 Å². The Labute approximate surface area is 197 Å². The van der Waals surface area contributed by atoms with Crippen LogP contribution in [-0.2, 0) is 11.0 Å². The second-order valence-corrected chi connectivity index (χ2v) is 10.4. The van der Waals surface area contributed by atoms with E-state index in [0.717, 1.165) is 38.0 Å². The van der Waals surface area contributed by atoms with Gasteiger partial charge in [0.2, 0.25) is 5.82 Å². The summed E-state index contributed by atoms with van der Waals surface area (Å²) in [5.41, 5.74) is -1.71. The molecular weight excluding hydrogens is 451 g/mol. The first-order valence-corrected chi connectivity index (χ1v) is 12.6. The topological polar surface area (TPSA) is 26.3 Å². The van der Waals surface area contributed by atoms with E-state index in [0.29, 0.717) is 36.3 Å². The average Bonchev–Trinajstić information content (AvgIpc) is 2.81. The van der Waals surface area contributed by atoms with Crippen LogP contribution in [0.3, 0.4) is 0 Å². The highest BCUT2D eigenvalue weighted by atomic mass is 19.4. The highest BCUT2D eigenvalue weighted by molar-refractivity contribution is 5.75. The molecule has 0 amide bonds. The van der Waals surface area contributed by atoms with Gasteiger partial charge in [0.25, 0.3) is 0 Å². The molecule has 0 aliphatic heterocycles. The van der Waals surface area contributed by atoms with Gasteiger partial charge in [0, 0.05) is 0 Å². The molecule has 3 fully saturated rings. The number of ether oxygens (including phenoxy) is 1. The third-order valence-corrected chi connectivity index (χ3v) is 8.50. The van der Waals surface area contributed by atoms with E-state index < -0.39 is 41.0 Å². The van der Waals surface area contributed by atoms with Gasteiger partial charge in [-0.1, -0.05) is 25.0 Å². The van der Waals surface area contributed by atoms with Crippen LogP contribution in [0, 0.1) is 47.1 Å². The van der Waals surface area contributed by atoms with Crippen LogP contribution in [0.4, 0.5) is 22.0 Å². The van der Waals surface area contributed by atoms with Crippen molar-refractivity contribution in [1.82, 2.24) is 0 Å². The first-order chi connectivity index (χ1) is 16.2. The van der Waals surface area contributed by atoms with E-state index in [1.165, 1.54) is 25.7 Å². The van der Waals surface area contributed by atoms with E-state index in [9.17, 15) is 26.7 Å². The van der Waals surface area contributed by atoms with Crippen molar-refractivity contribution in [2.45, 2.75) is 77.3 Å². The Bertz CT molecular complexity index is 901. The van der Waals surface area contributed by atoms with E-state index >= 15 is 0 Å². The number of rotatable bonds is 4. The number of allylic oxidation sites excluding steroid dienone is 2. The summed E-state index contributed by atoms with van der Waals surface area (Å²) in [4.78, 5) is 12.9. The SMILES string of the molecule is C/C=C/C1CCC(C2CCC3C(CCCC3C(=O)Oc3ccc(C(F)(F)F)c(F)c3F)C2)CC1. The van der Waals surface area contributed by atoms with Gasteiger partial charge < -0.3 is 4.74 Å². The van der Waals surface area contributed by atoms with E-state index in [4.69, 9.17) is 4.74 Å². The van der Waals surface area contributed by atoms with Crippen molar-refractivity contribution in [3.05, 3.63) is 41.5 Å². The molecule has 0 saturated heterocycles. The Kier molecular flexibility index (Phi) is 7.68. The molecule has 1 aromatic rings. The van der Waals surface area contributed by atoms with Gasteiger partial charge in [-0.25, -0.2) is 4.39 Å². The molecule has 188 valence electrons. The molecule has 2 nitrogen and oxygen atoms in total. The average molecular weight is 485 g/mol. The fourth-order valence-corrected chi connectivity index (χ4v) is 6.81. The van der Waals surface area contributed by atoms with Gasteiger partial charge in [0.15, 0.2) is 11.6 Å². The van der Waals surface area contributed by atoms with Gasteiger partial charge >= 0.3 is 12.1 Å². The molecule has 7 heteroatoms. The lowest BCUT2D eigenvalue weighted by atomic mass is 9.59. The predicted octanol–water partition coefficient (Wildman–Crippen LogP) is 8.10. The molecule has 0 aromatic heterocycles. The van der Waals surface area contributed by atoms with Gasteiger partial charge in [0.1, 0.15) is 0 Å². The molecule has 3 aliphatic carbocycles. The number of benzene rings is 1. The fourth-order valence-electron chi connectivity index (χ4n) is 6.81. The number of esters is 1. The van der Waals surface area contributed by atoms with Gasteiger partial charge in [-0.3, -0.25) is 4.79 Å². The van der Waals surface area contributed by atoms with Crippen LogP contribution in [-0.4, -0.2) is 5.97 Å². The molecule has 0 spiro atoms. The third kappa shape index (κ3) is 5.33. The van der Waals surface area contributed by atoms with Crippen LogP contribution >= 0.6 is 0 Å². The largest absolute Gasteiger partial charge is 0.423 e. The van der Waals surface area contributed by atoms with E-state index in [2.05, 4.69) is 19.1 Å². The highest BCUT2D eigenvalue weighted by Crippen LogP contribution is 2.50. The minimum absolute atomic E-state index is 0.138. The van der Waals surface area contributed by atoms with Crippen LogP contribution in [0.15, 0.2) is 24.3 Å². The second kappa shape index (κ2) is 10.4. The van der Waals surface area contributed by atoms with Gasteiger partial charge in [-0.2, -0.15) is 17.6 Å². The maximum absolute atomic E-state index is 14.2. The summed E-state index contributed by atoms with van der Waals surface area (Å²) in [6.45, 7) is 2.07. The Morgan fingerprint density at radius 1 is 0.912 bits per heavy atom. The smallest absolute Gasteiger partial charge is 0.419 e. The molecule has 4 rings (SSSR count). The summed E-state index contributed by atoms with van der Waals surface area (Å²) in [7, 11) is 0. The maximum Gasteiger partial charge on any atom is 0.419 e. The van der Waals surface area contributed by atoms with Crippen molar-refractivity contribution in [2.24, 2.45) is 35.5 Å². The first kappa shape index (κ1) is 25.2. The maximum atomic E-state index is 14.2. The van der Waals surface area contributed by atoms with Gasteiger partial charge in [0.05, 0.1) is 11.5 Å². The Balaban J connectivity index is 1.38. The lowest BCUT2D eigenvalue weighted by Crippen LogP contribution is -2.40. The molecule has 3 aliphatic rings. The van der Waals surface area contributed by atoms with Crippen LogP contribution in [0.1, 0.15) is 76.7 Å². The number of fused-ring (bicyclic) bond motifs is 1. The number of hydrogen-bond donors (Lipinski definition) is 0. The number of carbonyl (C=O) groups excluding carboxylic acids is 1. The van der Waals surface area contributed by atoms with Crippen molar-refractivity contribution in [3.63, 3.8) is 0 Å². The predicted molar refractivity (Wildman–Crippen MR) is 119 cm³/mol. The standard InChI is InChI=1S/C27H33F5O2/c1-2-4-16-7-9-17(10-8-16)18-11-12-20-19(15-18)5-3-6-21(20)26(33)34-23-14-13-22(27(30,31)32)24(28)25(23)29/h2,4,13-14,16-21H,3,5-12,15H2,1H3/b4-2+. The fraction of sp³-hybridized carbons (Fsp3) is 0.667. The first-order valence-electron chi connectivity index (χ1n) is 12.6. The molecule has 0 radical (unpaired) electrons. The summed E-state index contributed by atoms with van der Waals surface area (Å²) in [6, 6.07) is 1.11. The molecule has 4 atom stereocenters. The Morgan fingerprint density at radius 2 is 1.62 bits per heavy atom. The van der Waals surface area contributed by atoms with Crippen molar-refractivity contribution in [2.75, 3.05) is 0 Å². The van der Waals surface area contributed by atoms with Crippen LogP contribution in [0.2, 0.25) is 0 Å². The molecule has 4 unspecified atom stereocenters. The highest BCUT2D eigenvalue weighted by Gasteiger charge is 2.44. The minimum Gasteiger partial charge on any atom is -0.423 e. The summed E-state index contributed by atoms with van der Waals surface area (Å²) in [5, 5.41) is 0. The molecule has 0 bridgehead atoms. The number of carbonyl (C=O) groups is 1. The molecule has 0 heterocycles. The monoisotopic (exact) mass is 484 g/mol. The van der Waals surface area contributed by atoms with Gasteiger partial charge in [-0.15, -0.1) is 0 Å². The lowest BCUT2D eigenvalue weighted by molar-refractivity contribution is -0.144. The third-order valence-electron chi connectivity index (χ3n) is 8.50. The molecule has 0 N–H and O–H groups in total. The summed E-state index contributed by atoms with van der Waals surface area (Å²) < 4.78 is 71.7. The van der Waals surface area contributed by atoms with E-state index in [1.54, 1.807) is 0 Å². The van der Waals surface area contributed by atoms with Gasteiger partial charge in [-0.05, 0) is 100 Å². The normalized spacial score (nSPS) is 32.4. The zero-order valence-corrected chi connectivity index (χ0v) is 19.6. The van der Waals surface area contributed by atoms with E-state index in [-0.39, 0.29) is 5.92 Å². The van der Waals surface area contributed by atoms with Crippen LogP contribution < -0.4 is 4.74 Å². The Morgan fingerprint density at radius 3 is 2.29 bits per heavy atom. The van der Waals surface area contributed by atoms with Crippen molar-refractivity contribution < 1.29 is 31.5 Å². The molecule has 1 aromatic carbocycles. The Hall–Kier alpha value is -1.92. The quantitative estimate of drug-likeness (QED) is 0.187. The zero-order valence-electron chi connectivity index (χ0n) is 19.6. The lowest BCUT2D eigenvalue weighted by Gasteiger charge is -2.45. The molecular formula is C27H33F5O2. The summed E-state index contributed by atoms with van der Waals surface area (Å²) in [6.07, 6.45) is 10.0. The summed E-state index contributed by atoms with van der Waals surface area (Å²) >= 11 is 0. The van der Waals surface area contributed by atoms with E-state index in [1.807, 2.05) is 0 Å². The minimum atomic E-state index is -5.02. The second-order valence-electron chi connectivity index (χ2n) is 10.4. The van der Waals surface area contributed by atoms with Crippen LogP contribution in [0.5, 0.6) is 5.75 Å². The van der Waals surface area contributed by atoms with Crippen LogP contribution in [0.25, 0.3) is 0 Å². The number of hydrogen-bond acceptors (Lipinski definition) is 2. The van der Waals surface area contributed by atoms with Crippen molar-refractivity contribution in [1.29, 1.82) is 0 Å². The summed E-state index contributed by atoms with van der Waals surface area (Å²) in [5.74, 6) is -3.01.